The number of carbonyl (C=O) groups excluding carboxylic acids is 1. The number of hydrogen-bond acceptors (Lipinski definition) is 4. The van der Waals surface area contributed by atoms with Gasteiger partial charge >= 0.3 is 13.6 Å². The van der Waals surface area contributed by atoms with Crippen LogP contribution in [0, 0.1) is 0 Å². The van der Waals surface area contributed by atoms with Crippen molar-refractivity contribution in [2.75, 3.05) is 12.7 Å². The normalized spacial score (nSPS) is 19.7. The van der Waals surface area contributed by atoms with E-state index in [9.17, 15) is 24.2 Å². The maximum atomic E-state index is 12.9. The minimum Gasteiger partial charge on any atom is -0.480 e. The van der Waals surface area contributed by atoms with Crippen LogP contribution in [0.2, 0.25) is 0 Å². The molecule has 1 amide bonds. The lowest BCUT2D eigenvalue weighted by Crippen LogP contribution is -2.46. The topological polar surface area (TPSA) is 104 Å². The lowest BCUT2D eigenvalue weighted by Gasteiger charge is -2.28. The van der Waals surface area contributed by atoms with E-state index in [1.807, 2.05) is 37.3 Å². The van der Waals surface area contributed by atoms with Gasteiger partial charge in [-0.05, 0) is 44.1 Å². The van der Waals surface area contributed by atoms with Crippen molar-refractivity contribution in [1.82, 2.24) is 4.90 Å². The van der Waals surface area contributed by atoms with Crippen LogP contribution in [0.1, 0.15) is 57.4 Å². The Morgan fingerprint density at radius 1 is 1.24 bits per heavy atom. The van der Waals surface area contributed by atoms with Gasteiger partial charge in [0, 0.05) is 6.54 Å². The molecule has 1 saturated heterocycles. The van der Waals surface area contributed by atoms with Gasteiger partial charge in [0.15, 0.2) is 0 Å². The molecule has 1 aromatic carbocycles. The molecule has 1 aliphatic heterocycles. The zero-order valence-electron chi connectivity index (χ0n) is 17.0. The number of aliphatic carboxylic acids is 1. The van der Waals surface area contributed by atoms with Crippen LogP contribution in [0.15, 0.2) is 30.3 Å². The highest BCUT2D eigenvalue weighted by atomic mass is 31.2. The van der Waals surface area contributed by atoms with Crippen molar-refractivity contribution < 1.29 is 28.7 Å². The number of unbranched alkanes of at least 4 members (excludes halogenated alkanes) is 2. The van der Waals surface area contributed by atoms with Gasteiger partial charge in [-0.3, -0.25) is 13.9 Å². The number of aryl methyl sites for hydroxylation is 1. The number of carboxylic acids is 1. The summed E-state index contributed by atoms with van der Waals surface area (Å²) in [6.45, 7) is 2.30. The summed E-state index contributed by atoms with van der Waals surface area (Å²) in [5.74, 6) is -1.53. The van der Waals surface area contributed by atoms with Crippen molar-refractivity contribution in [3.8, 4) is 0 Å². The number of carbonyl (C=O) groups is 2. The molecule has 1 unspecified atom stereocenters. The third-order valence-electron chi connectivity index (χ3n) is 5.21. The second kappa shape index (κ2) is 11.5. The number of amides is 1. The third kappa shape index (κ3) is 7.57. The van der Waals surface area contributed by atoms with E-state index in [4.69, 9.17) is 4.52 Å². The predicted molar refractivity (Wildman–Crippen MR) is 111 cm³/mol. The number of likely N-dealkylation sites (tertiary alicyclic amines) is 1. The summed E-state index contributed by atoms with van der Waals surface area (Å²) in [5, 5.41) is 9.32. The first-order valence-corrected chi connectivity index (χ1v) is 12.2. The number of rotatable bonds is 12. The molecule has 3 atom stereocenters. The Balaban J connectivity index is 1.91. The third-order valence-corrected chi connectivity index (χ3v) is 6.67. The molecule has 2 rings (SSSR count). The smallest absolute Gasteiger partial charge is 0.328 e. The van der Waals surface area contributed by atoms with Crippen LogP contribution in [-0.4, -0.2) is 51.6 Å². The zero-order valence-corrected chi connectivity index (χ0v) is 17.9. The second-order valence-electron chi connectivity index (χ2n) is 7.57. The molecular weight excluding hydrogens is 393 g/mol. The van der Waals surface area contributed by atoms with Crippen LogP contribution >= 0.6 is 7.60 Å². The molecule has 162 valence electrons. The Morgan fingerprint density at radius 3 is 2.62 bits per heavy atom. The molecule has 1 heterocycles. The van der Waals surface area contributed by atoms with Crippen LogP contribution < -0.4 is 0 Å². The van der Waals surface area contributed by atoms with Gasteiger partial charge in [-0.1, -0.05) is 50.1 Å². The van der Waals surface area contributed by atoms with Crippen LogP contribution in [0.5, 0.6) is 0 Å². The maximum Gasteiger partial charge on any atom is 0.328 e. The van der Waals surface area contributed by atoms with Crippen LogP contribution in [0.25, 0.3) is 0 Å². The lowest BCUT2D eigenvalue weighted by molar-refractivity contribution is -0.151. The molecule has 0 saturated carbocycles. The molecule has 0 aromatic heterocycles. The van der Waals surface area contributed by atoms with Gasteiger partial charge in [0.1, 0.15) is 12.1 Å². The molecule has 8 heteroatoms. The number of benzene rings is 1. The summed E-state index contributed by atoms with van der Waals surface area (Å²) in [6, 6.07) is 9.03. The Labute approximate surface area is 172 Å². The first-order chi connectivity index (χ1) is 13.8. The minimum atomic E-state index is -3.94. The average molecular weight is 425 g/mol. The van der Waals surface area contributed by atoms with E-state index >= 15 is 0 Å². The van der Waals surface area contributed by atoms with Crippen LogP contribution in [0.3, 0.4) is 0 Å². The Kier molecular flexibility index (Phi) is 9.34. The van der Waals surface area contributed by atoms with Crippen molar-refractivity contribution in [3.63, 3.8) is 0 Å². The molecule has 29 heavy (non-hydrogen) atoms. The summed E-state index contributed by atoms with van der Waals surface area (Å²) >= 11 is 0. The summed E-state index contributed by atoms with van der Waals surface area (Å²) in [4.78, 5) is 35.8. The van der Waals surface area contributed by atoms with E-state index < -0.39 is 31.6 Å². The number of nitrogens with zero attached hydrogens (tertiary/aromatic N) is 1. The fourth-order valence-corrected chi connectivity index (χ4v) is 4.94. The highest BCUT2D eigenvalue weighted by molar-refractivity contribution is 7.52. The minimum absolute atomic E-state index is 0.0158. The van der Waals surface area contributed by atoms with Gasteiger partial charge in [0.05, 0.1) is 6.16 Å². The molecule has 1 aromatic rings. The van der Waals surface area contributed by atoms with Gasteiger partial charge in [-0.15, -0.1) is 0 Å². The first kappa shape index (κ1) is 23.6. The monoisotopic (exact) mass is 425 g/mol. The molecule has 0 spiro atoms. The number of hydrogen-bond donors (Lipinski definition) is 2. The second-order valence-corrected chi connectivity index (χ2v) is 9.50. The molecule has 0 bridgehead atoms. The quantitative estimate of drug-likeness (QED) is 0.389. The largest absolute Gasteiger partial charge is 0.480 e. The molecular formula is C21H32NO6P. The van der Waals surface area contributed by atoms with Crippen LogP contribution in [-0.2, 0) is 25.1 Å². The first-order valence-electron chi connectivity index (χ1n) is 10.4. The molecule has 1 fully saturated rings. The van der Waals surface area contributed by atoms with Crippen molar-refractivity contribution in [3.05, 3.63) is 35.9 Å². The van der Waals surface area contributed by atoms with Crippen molar-refractivity contribution >= 4 is 19.5 Å². The standard InChI is InChI=1S/C21H32NO6P/c1-2-3-14-19(20(23)22-15-9-13-18(22)21(24)25)28-29(26,27)16-8-7-12-17-10-5-4-6-11-17/h4-6,10-11,18-19H,2-3,7-9,12-16H2,1H3,(H,24,25)(H,26,27)/t18-,19-/m0/s1. The summed E-state index contributed by atoms with van der Waals surface area (Å²) in [6.07, 6.45) is 3.78. The summed E-state index contributed by atoms with van der Waals surface area (Å²) < 4.78 is 18.0. The molecule has 0 aliphatic carbocycles. The Hall–Kier alpha value is -1.69. The lowest BCUT2D eigenvalue weighted by atomic mass is 10.1. The molecule has 0 radical (unpaired) electrons. The van der Waals surface area contributed by atoms with Gasteiger partial charge in [-0.2, -0.15) is 0 Å². The van der Waals surface area contributed by atoms with Crippen molar-refractivity contribution in [2.24, 2.45) is 0 Å². The van der Waals surface area contributed by atoms with Crippen molar-refractivity contribution in [1.29, 1.82) is 0 Å². The van der Waals surface area contributed by atoms with Gasteiger partial charge in [-0.25, -0.2) is 4.79 Å². The zero-order chi connectivity index (χ0) is 21.3. The van der Waals surface area contributed by atoms with E-state index in [0.717, 1.165) is 19.3 Å². The molecule has 7 nitrogen and oxygen atoms in total. The molecule has 1 aliphatic rings. The number of carboxylic acid groups (broad SMARTS) is 1. The van der Waals surface area contributed by atoms with Gasteiger partial charge < -0.3 is 14.9 Å². The van der Waals surface area contributed by atoms with E-state index in [-0.39, 0.29) is 6.16 Å². The fraction of sp³-hybridized carbons (Fsp3) is 0.619. The van der Waals surface area contributed by atoms with Gasteiger partial charge in [0.2, 0.25) is 0 Å². The Bertz CT molecular complexity index is 710. The maximum absolute atomic E-state index is 12.9. The fourth-order valence-electron chi connectivity index (χ4n) is 3.62. The summed E-state index contributed by atoms with van der Waals surface area (Å²) in [7, 11) is -3.94. The van der Waals surface area contributed by atoms with Gasteiger partial charge in [0.25, 0.3) is 5.91 Å². The van der Waals surface area contributed by atoms with E-state index in [1.54, 1.807) is 0 Å². The van der Waals surface area contributed by atoms with E-state index in [2.05, 4.69) is 0 Å². The highest BCUT2D eigenvalue weighted by Crippen LogP contribution is 2.45. The summed E-state index contributed by atoms with van der Waals surface area (Å²) in [5.41, 5.74) is 1.17. The highest BCUT2D eigenvalue weighted by Gasteiger charge is 2.39. The predicted octanol–water partition coefficient (Wildman–Crippen LogP) is 3.85. The van der Waals surface area contributed by atoms with E-state index in [0.29, 0.717) is 38.6 Å². The van der Waals surface area contributed by atoms with Crippen LogP contribution in [0.4, 0.5) is 0 Å². The molecule has 2 N–H and O–H groups in total. The average Bonchev–Trinajstić information content (AvgIpc) is 3.19. The van der Waals surface area contributed by atoms with Crippen molar-refractivity contribution in [2.45, 2.75) is 70.4 Å². The Morgan fingerprint density at radius 2 is 1.97 bits per heavy atom. The van der Waals surface area contributed by atoms with E-state index in [1.165, 1.54) is 10.5 Å². The SMILES string of the molecule is CCCC[C@H](OP(=O)(O)CCCCc1ccccc1)C(=O)N1CCC[C@H]1C(=O)O.